The number of hydrogen-bond acceptors (Lipinski definition) is 3. The maximum atomic E-state index is 13.6. The third kappa shape index (κ3) is 3.17. The summed E-state index contributed by atoms with van der Waals surface area (Å²) in [5.41, 5.74) is 6.48. The second-order valence-electron chi connectivity index (χ2n) is 4.38. The first kappa shape index (κ1) is 13.2. The van der Waals surface area contributed by atoms with Gasteiger partial charge in [-0.15, -0.1) is 0 Å². The van der Waals surface area contributed by atoms with Crippen molar-refractivity contribution >= 4 is 22.9 Å². The number of thiocarbonyl (C=S) groups is 1. The summed E-state index contributed by atoms with van der Waals surface area (Å²) in [6.45, 7) is 1.58. The molecule has 18 heavy (non-hydrogen) atoms. The number of benzene rings is 1. The van der Waals surface area contributed by atoms with Gasteiger partial charge in [-0.1, -0.05) is 18.3 Å². The summed E-state index contributed by atoms with van der Waals surface area (Å²) < 4.78 is 19.1. The third-order valence-electron chi connectivity index (χ3n) is 3.07. The molecule has 0 bridgehead atoms. The van der Waals surface area contributed by atoms with E-state index in [1.54, 1.807) is 12.1 Å². The molecule has 1 aromatic carbocycles. The largest absolute Gasteiger partial charge is 0.389 e. The Kier molecular flexibility index (Phi) is 4.49. The fourth-order valence-electron chi connectivity index (χ4n) is 2.16. The zero-order valence-corrected chi connectivity index (χ0v) is 10.9. The van der Waals surface area contributed by atoms with E-state index < -0.39 is 0 Å². The minimum atomic E-state index is -0.385. The van der Waals surface area contributed by atoms with Gasteiger partial charge >= 0.3 is 0 Å². The van der Waals surface area contributed by atoms with Gasteiger partial charge in [-0.2, -0.15) is 0 Å². The highest BCUT2D eigenvalue weighted by molar-refractivity contribution is 7.80. The van der Waals surface area contributed by atoms with Crippen LogP contribution >= 0.6 is 12.2 Å². The smallest absolute Gasteiger partial charge is 0.135 e. The molecule has 0 radical (unpaired) electrons. The van der Waals surface area contributed by atoms with Crippen LogP contribution in [0.5, 0.6) is 0 Å². The van der Waals surface area contributed by atoms with Crippen LogP contribution in [0.1, 0.15) is 24.8 Å². The molecule has 5 heteroatoms. The Hall–Kier alpha value is -1.20. The molecule has 1 unspecified atom stereocenters. The zero-order valence-electron chi connectivity index (χ0n) is 10.1. The molecule has 1 aliphatic rings. The molecule has 1 fully saturated rings. The van der Waals surface area contributed by atoms with Crippen molar-refractivity contribution in [1.82, 2.24) is 0 Å². The van der Waals surface area contributed by atoms with E-state index in [9.17, 15) is 4.39 Å². The Labute approximate surface area is 112 Å². The Morgan fingerprint density at radius 1 is 1.56 bits per heavy atom. The number of nitrogens with one attached hydrogen (secondary N) is 1. The second kappa shape index (κ2) is 6.11. The minimum Gasteiger partial charge on any atom is -0.389 e. The molecule has 0 aromatic heterocycles. The third-order valence-corrected chi connectivity index (χ3v) is 3.27. The van der Waals surface area contributed by atoms with Gasteiger partial charge in [-0.05, 0) is 31.4 Å². The highest BCUT2D eigenvalue weighted by Gasteiger charge is 2.15. The number of ether oxygens (including phenoxy) is 1. The highest BCUT2D eigenvalue weighted by Crippen LogP contribution is 2.20. The lowest BCUT2D eigenvalue weighted by Gasteiger charge is -2.14. The number of halogens is 1. The molecule has 1 heterocycles. The summed E-state index contributed by atoms with van der Waals surface area (Å²) in [6, 6.07) is 4.79. The summed E-state index contributed by atoms with van der Waals surface area (Å²) in [5.74, 6) is -0.385. The lowest BCUT2D eigenvalue weighted by atomic mass is 10.1. The SMILES string of the molecule is NC(=S)c1c(F)cccc1NCCC1CCCO1. The van der Waals surface area contributed by atoms with Crippen LogP contribution in [-0.2, 0) is 4.74 Å². The standard InChI is InChI=1S/C13H17FN2OS/c14-10-4-1-5-11(12(10)13(15)18)16-7-6-9-3-2-8-17-9/h1,4-5,9,16H,2-3,6-8H2,(H2,15,18). The van der Waals surface area contributed by atoms with E-state index in [1.165, 1.54) is 6.07 Å². The Bertz CT molecular complexity index is 433. The summed E-state index contributed by atoms with van der Waals surface area (Å²) in [4.78, 5) is 0.0766. The predicted molar refractivity (Wildman–Crippen MR) is 74.4 cm³/mol. The molecular weight excluding hydrogens is 251 g/mol. The van der Waals surface area contributed by atoms with Crippen LogP contribution in [0.25, 0.3) is 0 Å². The fraction of sp³-hybridized carbons (Fsp3) is 0.462. The van der Waals surface area contributed by atoms with E-state index >= 15 is 0 Å². The van der Waals surface area contributed by atoms with E-state index in [1.807, 2.05) is 0 Å². The van der Waals surface area contributed by atoms with Crippen LogP contribution in [0, 0.1) is 5.82 Å². The van der Waals surface area contributed by atoms with Crippen LogP contribution in [0.2, 0.25) is 0 Å². The van der Waals surface area contributed by atoms with Crippen LogP contribution in [0.15, 0.2) is 18.2 Å². The van der Waals surface area contributed by atoms with Crippen molar-refractivity contribution in [2.24, 2.45) is 5.73 Å². The van der Waals surface area contributed by atoms with Gasteiger partial charge < -0.3 is 15.8 Å². The normalized spacial score (nSPS) is 18.8. The van der Waals surface area contributed by atoms with Crippen molar-refractivity contribution in [2.75, 3.05) is 18.5 Å². The highest BCUT2D eigenvalue weighted by atomic mass is 32.1. The van der Waals surface area contributed by atoms with Gasteiger partial charge in [0.25, 0.3) is 0 Å². The van der Waals surface area contributed by atoms with E-state index in [-0.39, 0.29) is 10.8 Å². The van der Waals surface area contributed by atoms with Crippen molar-refractivity contribution in [1.29, 1.82) is 0 Å². The average Bonchev–Trinajstić information content (AvgIpc) is 2.81. The number of rotatable bonds is 5. The Morgan fingerprint density at radius 2 is 2.39 bits per heavy atom. The fourth-order valence-corrected chi connectivity index (χ4v) is 2.37. The Balaban J connectivity index is 1.96. The van der Waals surface area contributed by atoms with Gasteiger partial charge in [0.2, 0.25) is 0 Å². The Morgan fingerprint density at radius 3 is 3.06 bits per heavy atom. The monoisotopic (exact) mass is 268 g/mol. The first-order chi connectivity index (χ1) is 8.68. The molecule has 1 atom stereocenters. The van der Waals surface area contributed by atoms with Crippen molar-refractivity contribution in [3.63, 3.8) is 0 Å². The first-order valence-corrected chi connectivity index (χ1v) is 6.53. The second-order valence-corrected chi connectivity index (χ2v) is 4.82. The van der Waals surface area contributed by atoms with E-state index in [0.717, 1.165) is 32.4 Å². The molecule has 0 aliphatic carbocycles. The van der Waals surface area contributed by atoms with Gasteiger partial charge in [0, 0.05) is 18.8 Å². The van der Waals surface area contributed by atoms with E-state index in [2.05, 4.69) is 5.32 Å². The molecule has 1 saturated heterocycles. The molecule has 1 aliphatic heterocycles. The number of anilines is 1. The van der Waals surface area contributed by atoms with Crippen molar-refractivity contribution < 1.29 is 9.13 Å². The van der Waals surface area contributed by atoms with E-state index in [0.29, 0.717) is 17.4 Å². The molecule has 3 N–H and O–H groups in total. The first-order valence-electron chi connectivity index (χ1n) is 6.12. The lowest BCUT2D eigenvalue weighted by Crippen LogP contribution is -2.17. The minimum absolute atomic E-state index is 0.0766. The van der Waals surface area contributed by atoms with Gasteiger partial charge in [-0.3, -0.25) is 0 Å². The van der Waals surface area contributed by atoms with Crippen molar-refractivity contribution in [2.45, 2.75) is 25.4 Å². The maximum Gasteiger partial charge on any atom is 0.135 e. The molecule has 0 spiro atoms. The average molecular weight is 268 g/mol. The molecule has 2 rings (SSSR count). The van der Waals surface area contributed by atoms with E-state index in [4.69, 9.17) is 22.7 Å². The molecule has 0 amide bonds. The number of hydrogen-bond donors (Lipinski definition) is 2. The van der Waals surface area contributed by atoms with Crippen molar-refractivity contribution in [3.05, 3.63) is 29.6 Å². The summed E-state index contributed by atoms with van der Waals surface area (Å²) in [6.07, 6.45) is 3.46. The van der Waals surface area contributed by atoms with Gasteiger partial charge in [-0.25, -0.2) is 4.39 Å². The van der Waals surface area contributed by atoms with Gasteiger partial charge in [0.15, 0.2) is 0 Å². The maximum absolute atomic E-state index is 13.6. The summed E-state index contributed by atoms with van der Waals surface area (Å²) >= 11 is 4.87. The quantitative estimate of drug-likeness (QED) is 0.805. The van der Waals surface area contributed by atoms with Crippen LogP contribution < -0.4 is 11.1 Å². The summed E-state index contributed by atoms with van der Waals surface area (Å²) in [5, 5.41) is 3.17. The van der Waals surface area contributed by atoms with Gasteiger partial charge in [0.05, 0.1) is 11.7 Å². The van der Waals surface area contributed by atoms with Crippen LogP contribution in [0.4, 0.5) is 10.1 Å². The van der Waals surface area contributed by atoms with Gasteiger partial charge in [0.1, 0.15) is 10.8 Å². The zero-order chi connectivity index (χ0) is 13.0. The summed E-state index contributed by atoms with van der Waals surface area (Å²) in [7, 11) is 0. The topological polar surface area (TPSA) is 47.3 Å². The van der Waals surface area contributed by atoms with Crippen LogP contribution in [0.3, 0.4) is 0 Å². The molecule has 1 aromatic rings. The number of nitrogens with two attached hydrogens (primary N) is 1. The molecule has 0 saturated carbocycles. The molecular formula is C13H17FN2OS. The van der Waals surface area contributed by atoms with Crippen molar-refractivity contribution in [3.8, 4) is 0 Å². The van der Waals surface area contributed by atoms with Crippen LogP contribution in [-0.4, -0.2) is 24.2 Å². The molecule has 98 valence electrons. The predicted octanol–water partition coefficient (Wildman–Crippen LogP) is 2.44. The lowest BCUT2D eigenvalue weighted by molar-refractivity contribution is 0.107. The molecule has 3 nitrogen and oxygen atoms in total.